The lowest BCUT2D eigenvalue weighted by molar-refractivity contribution is 0.0882. The van der Waals surface area contributed by atoms with Crippen molar-refractivity contribution in [3.8, 4) is 0 Å². The number of likely N-dealkylation sites (tertiary alicyclic amines) is 1. The zero-order chi connectivity index (χ0) is 18.5. The Morgan fingerprint density at radius 1 is 0.778 bits per heavy atom. The number of hydrogen-bond acceptors (Lipinski definition) is 3. The highest BCUT2D eigenvalue weighted by molar-refractivity contribution is 5.17. The Bertz CT molecular complexity index is 641. The van der Waals surface area contributed by atoms with Crippen molar-refractivity contribution in [3.05, 3.63) is 71.8 Å². The number of nitrogens with zero attached hydrogens (tertiary/aromatic N) is 2. The van der Waals surface area contributed by atoms with Crippen LogP contribution in [0.4, 0.5) is 0 Å². The molecule has 1 unspecified atom stereocenters. The van der Waals surface area contributed by atoms with Gasteiger partial charge in [0.15, 0.2) is 0 Å². The summed E-state index contributed by atoms with van der Waals surface area (Å²) in [5.74, 6) is 0. The Morgan fingerprint density at radius 3 is 1.81 bits per heavy atom. The Labute approximate surface area is 163 Å². The SMILES string of the molecule is OC1CCN(C2CCC(N(Cc3ccccc3)Cc3ccccc3)CC2)C1. The molecule has 0 radical (unpaired) electrons. The van der Waals surface area contributed by atoms with Gasteiger partial charge in [-0.05, 0) is 43.2 Å². The van der Waals surface area contributed by atoms with Gasteiger partial charge in [-0.25, -0.2) is 0 Å². The average Bonchev–Trinajstić information content (AvgIpc) is 3.16. The second kappa shape index (κ2) is 9.01. The number of benzene rings is 2. The molecular weight excluding hydrogens is 332 g/mol. The molecule has 2 aromatic carbocycles. The van der Waals surface area contributed by atoms with Crippen LogP contribution in [-0.4, -0.2) is 46.2 Å². The van der Waals surface area contributed by atoms with Crippen LogP contribution >= 0.6 is 0 Å². The molecular formula is C24H32N2O. The summed E-state index contributed by atoms with van der Waals surface area (Å²) in [5, 5.41) is 9.85. The van der Waals surface area contributed by atoms with Gasteiger partial charge in [-0.3, -0.25) is 9.80 Å². The molecule has 1 heterocycles. The van der Waals surface area contributed by atoms with Crippen LogP contribution in [0.1, 0.15) is 43.2 Å². The van der Waals surface area contributed by atoms with E-state index < -0.39 is 0 Å². The van der Waals surface area contributed by atoms with E-state index in [1.54, 1.807) is 0 Å². The molecule has 3 nitrogen and oxygen atoms in total. The minimum atomic E-state index is -0.101. The van der Waals surface area contributed by atoms with Gasteiger partial charge in [0.05, 0.1) is 6.10 Å². The first-order chi connectivity index (χ1) is 13.3. The Kier molecular flexibility index (Phi) is 6.23. The highest BCUT2D eigenvalue weighted by Gasteiger charge is 2.32. The summed E-state index contributed by atoms with van der Waals surface area (Å²) in [6.07, 6.45) is 5.90. The van der Waals surface area contributed by atoms with E-state index in [0.29, 0.717) is 12.1 Å². The van der Waals surface area contributed by atoms with Gasteiger partial charge < -0.3 is 5.11 Å². The van der Waals surface area contributed by atoms with Crippen molar-refractivity contribution in [2.75, 3.05) is 13.1 Å². The largest absolute Gasteiger partial charge is 0.392 e. The number of rotatable bonds is 6. The van der Waals surface area contributed by atoms with Crippen molar-refractivity contribution in [2.24, 2.45) is 0 Å². The molecule has 1 N–H and O–H groups in total. The van der Waals surface area contributed by atoms with Crippen molar-refractivity contribution in [1.82, 2.24) is 9.80 Å². The lowest BCUT2D eigenvalue weighted by atomic mass is 9.88. The first-order valence-corrected chi connectivity index (χ1v) is 10.5. The van der Waals surface area contributed by atoms with Gasteiger partial charge in [0, 0.05) is 38.3 Å². The molecule has 2 fully saturated rings. The molecule has 0 amide bonds. The fourth-order valence-electron chi connectivity index (χ4n) is 4.84. The maximum atomic E-state index is 9.85. The van der Waals surface area contributed by atoms with Crippen molar-refractivity contribution < 1.29 is 5.11 Å². The van der Waals surface area contributed by atoms with Crippen LogP contribution in [0.15, 0.2) is 60.7 Å². The predicted octanol–water partition coefficient (Wildman–Crippen LogP) is 4.07. The molecule has 0 aromatic heterocycles. The summed E-state index contributed by atoms with van der Waals surface area (Å²) < 4.78 is 0. The van der Waals surface area contributed by atoms with E-state index in [4.69, 9.17) is 0 Å². The fraction of sp³-hybridized carbons (Fsp3) is 0.500. The van der Waals surface area contributed by atoms with E-state index in [-0.39, 0.29) is 6.10 Å². The first-order valence-electron chi connectivity index (χ1n) is 10.5. The minimum absolute atomic E-state index is 0.101. The van der Waals surface area contributed by atoms with E-state index in [2.05, 4.69) is 70.5 Å². The minimum Gasteiger partial charge on any atom is -0.392 e. The van der Waals surface area contributed by atoms with Gasteiger partial charge in [-0.1, -0.05) is 60.7 Å². The van der Waals surface area contributed by atoms with Crippen molar-refractivity contribution in [2.45, 2.75) is 63.4 Å². The molecule has 2 aromatic rings. The molecule has 2 aliphatic rings. The summed E-state index contributed by atoms with van der Waals surface area (Å²) in [6.45, 7) is 4.00. The monoisotopic (exact) mass is 364 g/mol. The van der Waals surface area contributed by atoms with Crippen molar-refractivity contribution >= 4 is 0 Å². The molecule has 1 aliphatic carbocycles. The highest BCUT2D eigenvalue weighted by atomic mass is 16.3. The van der Waals surface area contributed by atoms with Gasteiger partial charge in [-0.2, -0.15) is 0 Å². The number of hydrogen-bond donors (Lipinski definition) is 1. The summed E-state index contributed by atoms with van der Waals surface area (Å²) in [6, 6.07) is 23.1. The molecule has 1 aliphatic heterocycles. The normalized spacial score (nSPS) is 26.5. The third-order valence-electron chi connectivity index (χ3n) is 6.35. The molecule has 1 saturated carbocycles. The maximum absolute atomic E-state index is 9.85. The third kappa shape index (κ3) is 4.98. The topological polar surface area (TPSA) is 26.7 Å². The zero-order valence-corrected chi connectivity index (χ0v) is 16.2. The van der Waals surface area contributed by atoms with Crippen molar-refractivity contribution in [3.63, 3.8) is 0 Å². The van der Waals surface area contributed by atoms with E-state index in [0.717, 1.165) is 32.6 Å². The molecule has 27 heavy (non-hydrogen) atoms. The number of aliphatic hydroxyl groups is 1. The van der Waals surface area contributed by atoms with Crippen LogP contribution in [-0.2, 0) is 13.1 Å². The Balaban J connectivity index is 1.41. The zero-order valence-electron chi connectivity index (χ0n) is 16.2. The van der Waals surface area contributed by atoms with Crippen LogP contribution in [0.25, 0.3) is 0 Å². The highest BCUT2D eigenvalue weighted by Crippen LogP contribution is 2.30. The van der Waals surface area contributed by atoms with Gasteiger partial charge in [0.2, 0.25) is 0 Å². The molecule has 4 rings (SSSR count). The van der Waals surface area contributed by atoms with Gasteiger partial charge in [0.1, 0.15) is 0 Å². The molecule has 1 atom stereocenters. The molecule has 1 saturated heterocycles. The average molecular weight is 365 g/mol. The van der Waals surface area contributed by atoms with Gasteiger partial charge >= 0.3 is 0 Å². The lowest BCUT2D eigenvalue weighted by Gasteiger charge is -2.40. The van der Waals surface area contributed by atoms with Crippen LogP contribution < -0.4 is 0 Å². The van der Waals surface area contributed by atoms with E-state index in [1.165, 1.54) is 36.8 Å². The Hall–Kier alpha value is -1.68. The molecule has 0 spiro atoms. The van der Waals surface area contributed by atoms with E-state index in [9.17, 15) is 5.11 Å². The smallest absolute Gasteiger partial charge is 0.0679 e. The third-order valence-corrected chi connectivity index (χ3v) is 6.35. The first kappa shape index (κ1) is 18.7. The van der Waals surface area contributed by atoms with E-state index in [1.807, 2.05) is 0 Å². The summed E-state index contributed by atoms with van der Waals surface area (Å²) in [4.78, 5) is 5.21. The van der Waals surface area contributed by atoms with Crippen LogP contribution in [0.2, 0.25) is 0 Å². The maximum Gasteiger partial charge on any atom is 0.0679 e. The van der Waals surface area contributed by atoms with Gasteiger partial charge in [-0.15, -0.1) is 0 Å². The summed E-state index contributed by atoms with van der Waals surface area (Å²) in [7, 11) is 0. The quantitative estimate of drug-likeness (QED) is 0.837. The number of β-amino-alcohol motifs (C(OH)–C–C–N with tert-alkyl or cyclic N) is 1. The van der Waals surface area contributed by atoms with Crippen LogP contribution in [0, 0.1) is 0 Å². The fourth-order valence-corrected chi connectivity index (χ4v) is 4.84. The molecule has 144 valence electrons. The number of aliphatic hydroxyl groups excluding tert-OH is 1. The second-order valence-corrected chi connectivity index (χ2v) is 8.28. The van der Waals surface area contributed by atoms with E-state index >= 15 is 0 Å². The van der Waals surface area contributed by atoms with Crippen LogP contribution in [0.3, 0.4) is 0 Å². The standard InChI is InChI=1S/C24H32N2O/c27-24-15-16-25(19-24)22-11-13-23(14-12-22)26(17-20-7-3-1-4-8-20)18-21-9-5-2-6-10-21/h1-10,22-24,27H,11-19H2. The lowest BCUT2D eigenvalue weighted by Crippen LogP contribution is -2.43. The van der Waals surface area contributed by atoms with Gasteiger partial charge in [0.25, 0.3) is 0 Å². The molecule has 0 bridgehead atoms. The summed E-state index contributed by atoms with van der Waals surface area (Å²) in [5.41, 5.74) is 2.80. The Morgan fingerprint density at radius 2 is 1.33 bits per heavy atom. The summed E-state index contributed by atoms with van der Waals surface area (Å²) >= 11 is 0. The van der Waals surface area contributed by atoms with Crippen LogP contribution in [0.5, 0.6) is 0 Å². The van der Waals surface area contributed by atoms with Crippen molar-refractivity contribution in [1.29, 1.82) is 0 Å². The molecule has 3 heteroatoms. The predicted molar refractivity (Wildman–Crippen MR) is 110 cm³/mol. The second-order valence-electron chi connectivity index (χ2n) is 8.28.